The van der Waals surface area contributed by atoms with Crippen LogP contribution in [-0.2, 0) is 15.2 Å². The lowest BCUT2D eigenvalue weighted by Crippen LogP contribution is -2.38. The number of carbonyl (C=O) groups excluding carboxylic acids is 2. The first-order valence-electron chi connectivity index (χ1n) is 13.1. The van der Waals surface area contributed by atoms with Crippen molar-refractivity contribution in [2.24, 2.45) is 23.7 Å². The molecular formula is C33H25N3O3. The molecule has 2 bridgehead atoms. The molecule has 6 heteroatoms. The molecule has 3 heterocycles. The van der Waals surface area contributed by atoms with Crippen molar-refractivity contribution >= 4 is 17.4 Å². The summed E-state index contributed by atoms with van der Waals surface area (Å²) in [4.78, 5) is 35.7. The average Bonchev–Trinajstić information content (AvgIpc) is 3.63. The third-order valence-electron chi connectivity index (χ3n) is 8.29. The number of nitrogens with zero attached hydrogens (tertiary/aromatic N) is 2. The van der Waals surface area contributed by atoms with E-state index in [0.717, 1.165) is 22.4 Å². The lowest BCUT2D eigenvalue weighted by molar-refractivity contribution is -0.126. The molecule has 1 saturated heterocycles. The van der Waals surface area contributed by atoms with Gasteiger partial charge in [0.2, 0.25) is 11.8 Å². The van der Waals surface area contributed by atoms with E-state index in [9.17, 15) is 14.7 Å². The van der Waals surface area contributed by atoms with Crippen LogP contribution in [0.5, 0.6) is 0 Å². The standard InChI is InChI=1S/C33H25N3O3/c37-31-28-22-19-23(33(39,21-13-5-2-6-14-21)25-16-8-10-18-35-25)29(30(28)32(38)36-31)27(22)26(20-11-3-1-4-12-20)24-15-7-9-17-34-24/h1-19,22,28-30,39H,(H,36,37,38)/t22-,28?,29+,30?,33?/m0/s1. The van der Waals surface area contributed by atoms with E-state index >= 15 is 0 Å². The van der Waals surface area contributed by atoms with E-state index in [0.29, 0.717) is 16.8 Å². The molecule has 6 nitrogen and oxygen atoms in total. The zero-order valence-corrected chi connectivity index (χ0v) is 20.9. The summed E-state index contributed by atoms with van der Waals surface area (Å²) in [6.45, 7) is 0. The number of benzene rings is 2. The highest BCUT2D eigenvalue weighted by atomic mass is 16.3. The Kier molecular flexibility index (Phi) is 5.39. The highest BCUT2D eigenvalue weighted by Gasteiger charge is 2.64. The van der Waals surface area contributed by atoms with Gasteiger partial charge >= 0.3 is 0 Å². The minimum Gasteiger partial charge on any atom is -0.375 e. The Labute approximate surface area is 225 Å². The number of amides is 2. The first kappa shape index (κ1) is 23.4. The van der Waals surface area contributed by atoms with Crippen molar-refractivity contribution in [2.75, 3.05) is 0 Å². The van der Waals surface area contributed by atoms with Crippen LogP contribution >= 0.6 is 0 Å². The van der Waals surface area contributed by atoms with Crippen molar-refractivity contribution in [1.82, 2.24) is 15.3 Å². The van der Waals surface area contributed by atoms with Crippen LogP contribution in [-0.4, -0.2) is 26.9 Å². The van der Waals surface area contributed by atoms with Crippen LogP contribution in [0.25, 0.3) is 5.57 Å². The first-order valence-corrected chi connectivity index (χ1v) is 13.1. The van der Waals surface area contributed by atoms with E-state index < -0.39 is 23.4 Å². The fourth-order valence-electron chi connectivity index (χ4n) is 6.77. The number of nitrogens with one attached hydrogen (secondary N) is 1. The van der Waals surface area contributed by atoms with Crippen molar-refractivity contribution in [1.29, 1.82) is 0 Å². The average molecular weight is 512 g/mol. The second kappa shape index (κ2) is 8.96. The van der Waals surface area contributed by atoms with E-state index in [1.807, 2.05) is 97.1 Å². The number of imide groups is 1. The number of fused-ring (bicyclic) bond motifs is 5. The number of pyridine rings is 2. The summed E-state index contributed by atoms with van der Waals surface area (Å²) in [6, 6.07) is 30.6. The summed E-state index contributed by atoms with van der Waals surface area (Å²) in [5.41, 5.74) is 3.74. The molecule has 2 aromatic carbocycles. The zero-order chi connectivity index (χ0) is 26.6. The number of aliphatic hydroxyl groups is 1. The van der Waals surface area contributed by atoms with Gasteiger partial charge in [0.1, 0.15) is 0 Å². The Bertz CT molecular complexity index is 1550. The molecule has 2 fully saturated rings. The summed E-state index contributed by atoms with van der Waals surface area (Å²) in [7, 11) is 0. The summed E-state index contributed by atoms with van der Waals surface area (Å²) in [6.07, 6.45) is 5.41. The molecule has 4 aromatic rings. The highest BCUT2D eigenvalue weighted by molar-refractivity contribution is 6.08. The van der Waals surface area contributed by atoms with Crippen molar-refractivity contribution in [3.05, 3.63) is 149 Å². The van der Waals surface area contributed by atoms with Gasteiger partial charge in [0, 0.05) is 29.8 Å². The van der Waals surface area contributed by atoms with Crippen LogP contribution in [0.15, 0.2) is 127 Å². The summed E-state index contributed by atoms with van der Waals surface area (Å²) >= 11 is 0. The number of aromatic nitrogens is 2. The van der Waals surface area contributed by atoms with Gasteiger partial charge in [0.15, 0.2) is 5.60 Å². The van der Waals surface area contributed by atoms with Gasteiger partial charge in [0.25, 0.3) is 0 Å². The maximum Gasteiger partial charge on any atom is 0.231 e. The largest absolute Gasteiger partial charge is 0.375 e. The smallest absolute Gasteiger partial charge is 0.231 e. The molecule has 1 saturated carbocycles. The van der Waals surface area contributed by atoms with Crippen molar-refractivity contribution in [2.45, 2.75) is 5.60 Å². The summed E-state index contributed by atoms with van der Waals surface area (Å²) < 4.78 is 0. The molecule has 1 aliphatic heterocycles. The quantitative estimate of drug-likeness (QED) is 0.308. The van der Waals surface area contributed by atoms with Gasteiger partial charge in [0.05, 0.1) is 23.2 Å². The number of hydrogen-bond acceptors (Lipinski definition) is 5. The molecule has 2 aliphatic carbocycles. The SMILES string of the molecule is O=C1NC(=O)C2C1[C@@H]1C(C(O)(c3ccccc3)c3ccccn3)=C[C@H]2C1=C(c1ccccc1)c1ccccn1. The maximum atomic E-state index is 13.3. The molecule has 2 aromatic heterocycles. The fourth-order valence-corrected chi connectivity index (χ4v) is 6.77. The molecule has 5 atom stereocenters. The van der Waals surface area contributed by atoms with Gasteiger partial charge < -0.3 is 5.11 Å². The van der Waals surface area contributed by atoms with E-state index in [1.165, 1.54) is 0 Å². The third kappa shape index (κ3) is 3.45. The van der Waals surface area contributed by atoms with Crippen molar-refractivity contribution in [3.8, 4) is 0 Å². The van der Waals surface area contributed by atoms with Crippen LogP contribution in [0.1, 0.15) is 22.5 Å². The fraction of sp³-hybridized carbons (Fsp3) is 0.152. The van der Waals surface area contributed by atoms with Crippen LogP contribution in [0.4, 0.5) is 0 Å². The van der Waals surface area contributed by atoms with Crippen molar-refractivity contribution in [3.63, 3.8) is 0 Å². The summed E-state index contributed by atoms with van der Waals surface area (Å²) in [5, 5.41) is 15.3. The lowest BCUT2D eigenvalue weighted by atomic mass is 9.71. The predicted octanol–water partition coefficient (Wildman–Crippen LogP) is 4.29. The molecule has 39 heavy (non-hydrogen) atoms. The van der Waals surface area contributed by atoms with Gasteiger partial charge in [-0.15, -0.1) is 0 Å². The second-order valence-electron chi connectivity index (χ2n) is 10.2. The van der Waals surface area contributed by atoms with Crippen LogP contribution in [0, 0.1) is 23.7 Å². The molecule has 0 radical (unpaired) electrons. The number of hydrogen-bond donors (Lipinski definition) is 2. The Morgan fingerprint density at radius 2 is 1.38 bits per heavy atom. The minimum atomic E-state index is -1.60. The monoisotopic (exact) mass is 511 g/mol. The number of allylic oxidation sites excluding steroid dienone is 2. The van der Waals surface area contributed by atoms with Gasteiger partial charge in [-0.2, -0.15) is 0 Å². The Hall–Kier alpha value is -4.68. The molecule has 7 rings (SSSR count). The Morgan fingerprint density at radius 3 is 2.05 bits per heavy atom. The molecule has 3 aliphatic rings. The van der Waals surface area contributed by atoms with Gasteiger partial charge in [-0.1, -0.05) is 78.9 Å². The predicted molar refractivity (Wildman–Crippen MR) is 146 cm³/mol. The van der Waals surface area contributed by atoms with Gasteiger partial charge in [-0.3, -0.25) is 24.9 Å². The summed E-state index contributed by atoms with van der Waals surface area (Å²) in [5.74, 6) is -2.62. The van der Waals surface area contributed by atoms with E-state index in [-0.39, 0.29) is 17.7 Å². The molecule has 190 valence electrons. The van der Waals surface area contributed by atoms with Gasteiger partial charge in [-0.05, 0) is 46.5 Å². The molecular weight excluding hydrogens is 486 g/mol. The van der Waals surface area contributed by atoms with E-state index in [2.05, 4.69) is 10.3 Å². The van der Waals surface area contributed by atoms with Crippen LogP contribution in [0.3, 0.4) is 0 Å². The maximum absolute atomic E-state index is 13.3. The highest BCUT2D eigenvalue weighted by Crippen LogP contribution is 2.63. The lowest BCUT2D eigenvalue weighted by Gasteiger charge is -2.36. The molecule has 0 spiro atoms. The molecule has 2 amide bonds. The Balaban J connectivity index is 1.53. The van der Waals surface area contributed by atoms with Gasteiger partial charge in [-0.25, -0.2) is 0 Å². The third-order valence-corrected chi connectivity index (χ3v) is 8.29. The molecule has 3 unspecified atom stereocenters. The van der Waals surface area contributed by atoms with Crippen LogP contribution in [0.2, 0.25) is 0 Å². The first-order chi connectivity index (χ1) is 19.1. The number of carbonyl (C=O) groups is 2. The second-order valence-corrected chi connectivity index (χ2v) is 10.2. The van der Waals surface area contributed by atoms with E-state index in [4.69, 9.17) is 4.98 Å². The minimum absolute atomic E-state index is 0.264. The molecule has 2 N–H and O–H groups in total. The number of rotatable bonds is 5. The zero-order valence-electron chi connectivity index (χ0n) is 20.9. The topological polar surface area (TPSA) is 92.2 Å². The Morgan fingerprint density at radius 1 is 0.744 bits per heavy atom. The normalized spacial score (nSPS) is 26.0. The van der Waals surface area contributed by atoms with Crippen LogP contribution < -0.4 is 5.32 Å². The van der Waals surface area contributed by atoms with Crippen molar-refractivity contribution < 1.29 is 14.7 Å². The van der Waals surface area contributed by atoms with E-state index in [1.54, 1.807) is 18.5 Å².